The van der Waals surface area contributed by atoms with Gasteiger partial charge in [0.2, 0.25) is 12.1 Å². The lowest BCUT2D eigenvalue weighted by molar-refractivity contribution is -0.139. The molecule has 1 aliphatic heterocycles. The van der Waals surface area contributed by atoms with E-state index in [2.05, 4.69) is 10.1 Å². The molecule has 0 aliphatic carbocycles. The van der Waals surface area contributed by atoms with Crippen molar-refractivity contribution in [3.63, 3.8) is 0 Å². The summed E-state index contributed by atoms with van der Waals surface area (Å²) in [5.74, 6) is -1.38. The Morgan fingerprint density at radius 3 is 2.40 bits per heavy atom. The first-order valence-corrected chi connectivity index (χ1v) is 4.51. The van der Waals surface area contributed by atoms with Crippen LogP contribution < -0.4 is 10.6 Å². The molecule has 2 N–H and O–H groups in total. The van der Waals surface area contributed by atoms with Crippen molar-refractivity contribution in [1.82, 2.24) is 10.6 Å². The van der Waals surface area contributed by atoms with Gasteiger partial charge in [-0.1, -0.05) is 23.2 Å². The summed E-state index contributed by atoms with van der Waals surface area (Å²) in [5.41, 5.74) is 0. The van der Waals surface area contributed by atoms with Gasteiger partial charge in [0.1, 0.15) is 10.1 Å². The number of carbonyl (C=O) groups is 3. The van der Waals surface area contributed by atoms with Gasteiger partial charge >= 0.3 is 12.0 Å². The van der Waals surface area contributed by atoms with Gasteiger partial charge in [-0.2, -0.15) is 0 Å². The van der Waals surface area contributed by atoms with E-state index in [0.717, 1.165) is 6.92 Å². The molecule has 0 aromatic rings. The number of rotatable bonds is 1. The summed E-state index contributed by atoms with van der Waals surface area (Å²) in [7, 11) is 0. The number of ether oxygens (including phenoxy) is 1. The van der Waals surface area contributed by atoms with Crippen LogP contribution in [0.4, 0.5) is 4.79 Å². The Kier molecular flexibility index (Phi) is 3.54. The largest absolute Gasteiger partial charge is 0.432 e. The second kappa shape index (κ2) is 4.50. The zero-order valence-electron chi connectivity index (χ0n) is 7.47. The number of hydrogen-bond acceptors (Lipinski definition) is 4. The number of urea groups is 1. The third-order valence-electron chi connectivity index (χ3n) is 1.40. The molecule has 0 radical (unpaired) electrons. The number of esters is 1. The van der Waals surface area contributed by atoms with Crippen LogP contribution in [-0.4, -0.2) is 24.1 Å². The van der Waals surface area contributed by atoms with Crippen molar-refractivity contribution in [2.45, 2.75) is 13.2 Å². The van der Waals surface area contributed by atoms with E-state index in [9.17, 15) is 14.4 Å². The molecule has 82 valence electrons. The van der Waals surface area contributed by atoms with E-state index in [1.165, 1.54) is 0 Å². The minimum absolute atomic E-state index is 0.125. The highest BCUT2D eigenvalue weighted by molar-refractivity contribution is 6.48. The third kappa shape index (κ3) is 2.84. The molecule has 15 heavy (non-hydrogen) atoms. The molecule has 3 amide bonds. The molecule has 0 spiro atoms. The van der Waals surface area contributed by atoms with Crippen molar-refractivity contribution >= 4 is 41.1 Å². The van der Waals surface area contributed by atoms with Crippen LogP contribution in [0.3, 0.4) is 0 Å². The summed E-state index contributed by atoms with van der Waals surface area (Å²) in [6.45, 7) is 1.16. The first-order chi connectivity index (χ1) is 6.91. The molecular weight excluding hydrogens is 247 g/mol. The molecule has 1 rings (SSSR count). The van der Waals surface area contributed by atoms with Gasteiger partial charge in [0.05, 0.1) is 0 Å². The quantitative estimate of drug-likeness (QED) is 0.662. The predicted molar refractivity (Wildman–Crippen MR) is 51.0 cm³/mol. The maximum absolute atomic E-state index is 11.0. The number of hydrogen-bond donors (Lipinski definition) is 2. The standard InChI is InChI=1S/C7H6Cl2N2O4/c1-2(12)10-7(14)11-5-3(8)4(9)6(13)15-5/h5H,1H3,(H2,10,11,12,14)/t5-/m0/s1. The summed E-state index contributed by atoms with van der Waals surface area (Å²) in [4.78, 5) is 32.4. The Hall–Kier alpha value is -1.27. The number of halogens is 2. The molecule has 0 saturated heterocycles. The fraction of sp³-hybridized carbons (Fsp3) is 0.286. The van der Waals surface area contributed by atoms with Crippen LogP contribution in [0, 0.1) is 0 Å². The summed E-state index contributed by atoms with van der Waals surface area (Å²) >= 11 is 11.0. The molecule has 0 bridgehead atoms. The topological polar surface area (TPSA) is 84.5 Å². The van der Waals surface area contributed by atoms with Crippen LogP contribution in [-0.2, 0) is 14.3 Å². The van der Waals surface area contributed by atoms with Gasteiger partial charge in [0.25, 0.3) is 0 Å². The molecule has 0 unspecified atom stereocenters. The highest BCUT2D eigenvalue weighted by Crippen LogP contribution is 2.26. The maximum atomic E-state index is 11.0. The Labute approximate surface area is 94.5 Å². The molecule has 0 aromatic carbocycles. The Morgan fingerprint density at radius 2 is 2.00 bits per heavy atom. The molecule has 6 nitrogen and oxygen atoms in total. The van der Waals surface area contributed by atoms with Gasteiger partial charge in [0.15, 0.2) is 0 Å². The van der Waals surface area contributed by atoms with E-state index in [1.807, 2.05) is 5.32 Å². The smallest absolute Gasteiger partial charge is 0.353 e. The molecule has 1 aliphatic rings. The van der Waals surface area contributed by atoms with Crippen LogP contribution in [0.5, 0.6) is 0 Å². The van der Waals surface area contributed by atoms with E-state index in [1.54, 1.807) is 0 Å². The lowest BCUT2D eigenvalue weighted by Crippen LogP contribution is -2.44. The van der Waals surface area contributed by atoms with Gasteiger partial charge in [-0.3, -0.25) is 15.4 Å². The molecule has 0 aromatic heterocycles. The zero-order valence-corrected chi connectivity index (χ0v) is 8.98. The second-order valence-electron chi connectivity index (χ2n) is 2.60. The van der Waals surface area contributed by atoms with Crippen molar-refractivity contribution < 1.29 is 19.1 Å². The number of imide groups is 1. The normalized spacial score (nSPS) is 19.9. The van der Waals surface area contributed by atoms with Crippen molar-refractivity contribution in [2.24, 2.45) is 0 Å². The number of amides is 3. The SMILES string of the molecule is CC(=O)NC(=O)N[C@H]1OC(=O)C(Cl)=C1Cl. The first-order valence-electron chi connectivity index (χ1n) is 3.76. The molecule has 0 saturated carbocycles. The predicted octanol–water partition coefficient (Wildman–Crippen LogP) is 0.404. The van der Waals surface area contributed by atoms with Gasteiger partial charge in [0, 0.05) is 6.92 Å². The van der Waals surface area contributed by atoms with Crippen molar-refractivity contribution in [2.75, 3.05) is 0 Å². The summed E-state index contributed by atoms with van der Waals surface area (Å²) < 4.78 is 4.58. The molecular formula is C7H6Cl2N2O4. The van der Waals surface area contributed by atoms with E-state index < -0.39 is 24.1 Å². The highest BCUT2D eigenvalue weighted by atomic mass is 35.5. The Balaban J connectivity index is 2.59. The zero-order chi connectivity index (χ0) is 11.6. The van der Waals surface area contributed by atoms with Crippen LogP contribution >= 0.6 is 23.2 Å². The number of nitrogens with one attached hydrogen (secondary N) is 2. The summed E-state index contributed by atoms with van der Waals surface area (Å²) in [6.07, 6.45) is -1.15. The fourth-order valence-electron chi connectivity index (χ4n) is 0.831. The van der Waals surface area contributed by atoms with Gasteiger partial charge in [-0.05, 0) is 0 Å². The monoisotopic (exact) mass is 252 g/mol. The minimum Gasteiger partial charge on any atom is -0.432 e. The van der Waals surface area contributed by atoms with E-state index >= 15 is 0 Å². The minimum atomic E-state index is -1.15. The van der Waals surface area contributed by atoms with Crippen molar-refractivity contribution in [3.05, 3.63) is 10.1 Å². The van der Waals surface area contributed by atoms with Crippen LogP contribution in [0.15, 0.2) is 10.1 Å². The Bertz CT molecular complexity index is 366. The fourth-order valence-corrected chi connectivity index (χ4v) is 1.15. The third-order valence-corrected chi connectivity index (χ3v) is 2.24. The lowest BCUT2D eigenvalue weighted by atomic mass is 10.5. The average Bonchev–Trinajstić information content (AvgIpc) is 2.32. The van der Waals surface area contributed by atoms with E-state index in [0.29, 0.717) is 0 Å². The molecule has 1 heterocycles. The van der Waals surface area contributed by atoms with Crippen molar-refractivity contribution in [1.29, 1.82) is 0 Å². The van der Waals surface area contributed by atoms with Crippen LogP contribution in [0.1, 0.15) is 6.92 Å². The Morgan fingerprint density at radius 1 is 1.40 bits per heavy atom. The van der Waals surface area contributed by atoms with E-state index in [-0.39, 0.29) is 10.1 Å². The molecule has 1 atom stereocenters. The number of carbonyl (C=O) groups excluding carboxylic acids is 3. The summed E-state index contributed by atoms with van der Waals surface area (Å²) in [5, 5.41) is 3.64. The highest BCUT2D eigenvalue weighted by Gasteiger charge is 2.33. The van der Waals surface area contributed by atoms with E-state index in [4.69, 9.17) is 23.2 Å². The second-order valence-corrected chi connectivity index (χ2v) is 3.39. The molecule has 8 heteroatoms. The van der Waals surface area contributed by atoms with Gasteiger partial charge in [-0.25, -0.2) is 9.59 Å². The van der Waals surface area contributed by atoms with Gasteiger partial charge in [-0.15, -0.1) is 0 Å². The molecule has 0 fully saturated rings. The first kappa shape index (κ1) is 11.8. The number of cyclic esters (lactones) is 1. The van der Waals surface area contributed by atoms with Crippen LogP contribution in [0.2, 0.25) is 0 Å². The lowest BCUT2D eigenvalue weighted by Gasteiger charge is -2.11. The maximum Gasteiger partial charge on any atom is 0.353 e. The van der Waals surface area contributed by atoms with Crippen molar-refractivity contribution in [3.8, 4) is 0 Å². The van der Waals surface area contributed by atoms with Gasteiger partial charge < -0.3 is 4.74 Å². The van der Waals surface area contributed by atoms with Crippen LogP contribution in [0.25, 0.3) is 0 Å². The summed E-state index contributed by atoms with van der Waals surface area (Å²) in [6, 6.07) is -0.829. The average molecular weight is 253 g/mol.